The Bertz CT molecular complexity index is 272. The highest BCUT2D eigenvalue weighted by Gasteiger charge is 2.27. The molecule has 1 fully saturated rings. The number of carbonyl (C=O) groups is 1. The smallest absolute Gasteiger partial charge is 0.393 e. The minimum atomic E-state index is -4.38. The highest BCUT2D eigenvalue weighted by Crippen LogP contribution is 2.23. The molecule has 0 aliphatic heterocycles. The van der Waals surface area contributed by atoms with E-state index in [1.807, 2.05) is 0 Å². The molecule has 1 aliphatic carbocycles. The molecule has 3 N–H and O–H groups in total. The van der Waals surface area contributed by atoms with Crippen LogP contribution >= 0.6 is 0 Å². The van der Waals surface area contributed by atoms with E-state index in [9.17, 15) is 23.1 Å². The summed E-state index contributed by atoms with van der Waals surface area (Å²) in [4.78, 5) is 11.1. The first-order chi connectivity index (χ1) is 8.38. The molecule has 4 nitrogen and oxygen atoms in total. The van der Waals surface area contributed by atoms with Crippen molar-refractivity contribution in [2.45, 2.75) is 38.0 Å². The summed E-state index contributed by atoms with van der Waals surface area (Å²) >= 11 is 0. The molecule has 1 rings (SSSR count). The number of amides is 1. The van der Waals surface area contributed by atoms with Crippen molar-refractivity contribution in [3.8, 4) is 0 Å². The third-order valence-electron chi connectivity index (χ3n) is 3.05. The van der Waals surface area contributed by atoms with Crippen LogP contribution in [0, 0.1) is 5.92 Å². The quantitative estimate of drug-likeness (QED) is 0.691. The van der Waals surface area contributed by atoms with Crippen LogP contribution in [0.2, 0.25) is 0 Å². The van der Waals surface area contributed by atoms with Crippen LogP contribution in [-0.4, -0.2) is 42.9 Å². The van der Waals surface area contributed by atoms with Crippen molar-refractivity contribution >= 4 is 5.91 Å². The Morgan fingerprint density at radius 1 is 1.28 bits per heavy atom. The standard InChI is InChI=1S/C11H19F3N2O2/c12-11(13,14)7-16-10(18)6-15-5-8-3-1-2-4-9(8)17/h8-9,15,17H,1-7H2,(H,16,18). The van der Waals surface area contributed by atoms with Gasteiger partial charge in [-0.2, -0.15) is 13.2 Å². The van der Waals surface area contributed by atoms with Crippen molar-refractivity contribution in [3.05, 3.63) is 0 Å². The number of alkyl halides is 3. The molecule has 0 spiro atoms. The molecule has 0 aromatic rings. The molecular formula is C11H19F3N2O2. The number of nitrogens with one attached hydrogen (secondary N) is 2. The number of aliphatic hydroxyl groups is 1. The van der Waals surface area contributed by atoms with Crippen molar-refractivity contribution in [1.82, 2.24) is 10.6 Å². The monoisotopic (exact) mass is 268 g/mol. The fourth-order valence-electron chi connectivity index (χ4n) is 2.06. The summed E-state index contributed by atoms with van der Waals surface area (Å²) < 4.78 is 35.4. The fraction of sp³-hybridized carbons (Fsp3) is 0.909. The highest BCUT2D eigenvalue weighted by molar-refractivity contribution is 5.77. The van der Waals surface area contributed by atoms with Crippen LogP contribution < -0.4 is 10.6 Å². The number of aliphatic hydroxyl groups excluding tert-OH is 1. The topological polar surface area (TPSA) is 61.4 Å². The normalized spacial score (nSPS) is 24.9. The lowest BCUT2D eigenvalue weighted by atomic mass is 9.86. The van der Waals surface area contributed by atoms with E-state index in [-0.39, 0.29) is 18.6 Å². The summed E-state index contributed by atoms with van der Waals surface area (Å²) in [6.07, 6.45) is -1.06. The first kappa shape index (κ1) is 15.2. The summed E-state index contributed by atoms with van der Waals surface area (Å²) in [5.74, 6) is -0.591. The second-order valence-electron chi connectivity index (χ2n) is 4.63. The van der Waals surface area contributed by atoms with Gasteiger partial charge in [-0.15, -0.1) is 0 Å². The van der Waals surface area contributed by atoms with Crippen LogP contribution in [0.5, 0.6) is 0 Å². The van der Waals surface area contributed by atoms with E-state index in [4.69, 9.17) is 0 Å². The average molecular weight is 268 g/mol. The second kappa shape index (κ2) is 6.94. The van der Waals surface area contributed by atoms with Crippen LogP contribution in [-0.2, 0) is 4.79 Å². The summed E-state index contributed by atoms with van der Waals surface area (Å²) in [5.41, 5.74) is 0. The Kier molecular flexibility index (Phi) is 5.87. The summed E-state index contributed by atoms with van der Waals surface area (Å²) in [7, 11) is 0. The van der Waals surface area contributed by atoms with E-state index in [2.05, 4.69) is 5.32 Å². The summed E-state index contributed by atoms with van der Waals surface area (Å²) in [5, 5.41) is 14.2. The highest BCUT2D eigenvalue weighted by atomic mass is 19.4. The van der Waals surface area contributed by atoms with Gasteiger partial charge < -0.3 is 15.7 Å². The van der Waals surface area contributed by atoms with Gasteiger partial charge in [-0.3, -0.25) is 4.79 Å². The molecule has 2 unspecified atom stereocenters. The Morgan fingerprint density at radius 3 is 2.56 bits per heavy atom. The van der Waals surface area contributed by atoms with Crippen molar-refractivity contribution in [1.29, 1.82) is 0 Å². The van der Waals surface area contributed by atoms with E-state index in [0.717, 1.165) is 25.7 Å². The third kappa shape index (κ3) is 6.20. The molecule has 0 radical (unpaired) electrons. The molecular weight excluding hydrogens is 249 g/mol. The second-order valence-corrected chi connectivity index (χ2v) is 4.63. The van der Waals surface area contributed by atoms with Crippen molar-refractivity contribution in [3.63, 3.8) is 0 Å². The molecule has 1 aliphatic rings. The minimum absolute atomic E-state index is 0.0918. The van der Waals surface area contributed by atoms with Crippen molar-refractivity contribution in [2.24, 2.45) is 5.92 Å². The van der Waals surface area contributed by atoms with E-state index in [1.54, 1.807) is 5.32 Å². The Hall–Kier alpha value is -0.820. The lowest BCUT2D eigenvalue weighted by Gasteiger charge is -2.27. The number of carbonyl (C=O) groups excluding carboxylic acids is 1. The van der Waals surface area contributed by atoms with Gasteiger partial charge in [-0.05, 0) is 18.8 Å². The molecule has 7 heteroatoms. The molecule has 1 amide bonds. The minimum Gasteiger partial charge on any atom is -0.393 e. The van der Waals surface area contributed by atoms with Crippen LogP contribution in [0.1, 0.15) is 25.7 Å². The largest absolute Gasteiger partial charge is 0.405 e. The van der Waals surface area contributed by atoms with Crippen molar-refractivity contribution < 1.29 is 23.1 Å². The SMILES string of the molecule is O=C(CNCC1CCCCC1O)NCC(F)(F)F. The predicted molar refractivity (Wildman–Crippen MR) is 59.9 cm³/mol. The zero-order chi connectivity index (χ0) is 13.6. The first-order valence-electron chi connectivity index (χ1n) is 6.11. The predicted octanol–water partition coefficient (Wildman–Crippen LogP) is 0.806. The Balaban J connectivity index is 2.11. The van der Waals surface area contributed by atoms with Gasteiger partial charge in [0, 0.05) is 6.54 Å². The van der Waals surface area contributed by atoms with Gasteiger partial charge in [-0.25, -0.2) is 0 Å². The van der Waals surface area contributed by atoms with Crippen LogP contribution in [0.25, 0.3) is 0 Å². The molecule has 18 heavy (non-hydrogen) atoms. The maximum Gasteiger partial charge on any atom is 0.405 e. The fourth-order valence-corrected chi connectivity index (χ4v) is 2.06. The molecule has 0 aromatic carbocycles. The average Bonchev–Trinajstić information content (AvgIpc) is 2.28. The lowest BCUT2D eigenvalue weighted by molar-refractivity contribution is -0.137. The molecule has 0 aromatic heterocycles. The molecule has 0 saturated heterocycles. The summed E-state index contributed by atoms with van der Waals surface area (Å²) in [6.45, 7) is -1.00. The van der Waals surface area contributed by atoms with E-state index in [1.165, 1.54) is 0 Å². The van der Waals surface area contributed by atoms with Gasteiger partial charge in [0.05, 0.1) is 12.6 Å². The maximum absolute atomic E-state index is 11.8. The Labute approximate surface area is 104 Å². The van der Waals surface area contributed by atoms with Gasteiger partial charge in [0.2, 0.25) is 5.91 Å². The van der Waals surface area contributed by atoms with Gasteiger partial charge >= 0.3 is 6.18 Å². The zero-order valence-electron chi connectivity index (χ0n) is 10.1. The van der Waals surface area contributed by atoms with E-state index < -0.39 is 18.6 Å². The number of hydrogen-bond donors (Lipinski definition) is 3. The van der Waals surface area contributed by atoms with E-state index in [0.29, 0.717) is 6.54 Å². The van der Waals surface area contributed by atoms with Gasteiger partial charge in [0.15, 0.2) is 0 Å². The molecule has 106 valence electrons. The molecule has 1 saturated carbocycles. The number of halogens is 3. The maximum atomic E-state index is 11.8. The number of hydrogen-bond acceptors (Lipinski definition) is 3. The van der Waals surface area contributed by atoms with Gasteiger partial charge in [0.25, 0.3) is 0 Å². The van der Waals surface area contributed by atoms with E-state index >= 15 is 0 Å². The molecule has 0 heterocycles. The van der Waals surface area contributed by atoms with Crippen LogP contribution in [0.3, 0.4) is 0 Å². The zero-order valence-corrected chi connectivity index (χ0v) is 10.1. The number of rotatable bonds is 5. The third-order valence-corrected chi connectivity index (χ3v) is 3.05. The van der Waals surface area contributed by atoms with Crippen molar-refractivity contribution in [2.75, 3.05) is 19.6 Å². The molecule has 2 atom stereocenters. The summed E-state index contributed by atoms with van der Waals surface area (Å²) in [6, 6.07) is 0. The molecule has 0 bridgehead atoms. The van der Waals surface area contributed by atoms with Crippen LogP contribution in [0.15, 0.2) is 0 Å². The Morgan fingerprint density at radius 2 is 1.94 bits per heavy atom. The lowest BCUT2D eigenvalue weighted by Crippen LogP contribution is -2.42. The van der Waals surface area contributed by atoms with Gasteiger partial charge in [-0.1, -0.05) is 12.8 Å². The van der Waals surface area contributed by atoms with Crippen LogP contribution in [0.4, 0.5) is 13.2 Å². The first-order valence-corrected chi connectivity index (χ1v) is 6.11. The van der Waals surface area contributed by atoms with Gasteiger partial charge in [0.1, 0.15) is 6.54 Å².